The number of hydrogen-bond donors (Lipinski definition) is 1. The lowest BCUT2D eigenvalue weighted by molar-refractivity contribution is -0.140. The highest BCUT2D eigenvalue weighted by Crippen LogP contribution is 2.41. The van der Waals surface area contributed by atoms with Crippen molar-refractivity contribution in [2.45, 2.75) is 52.1 Å². The van der Waals surface area contributed by atoms with Crippen molar-refractivity contribution in [2.24, 2.45) is 0 Å². The summed E-state index contributed by atoms with van der Waals surface area (Å²) in [5, 5.41) is 11.5. The van der Waals surface area contributed by atoms with E-state index in [2.05, 4.69) is 6.92 Å². The second-order valence-electron chi connectivity index (χ2n) is 9.77. The van der Waals surface area contributed by atoms with Crippen LogP contribution in [0.5, 0.6) is 5.75 Å². The number of ketones is 1. The first-order valence-corrected chi connectivity index (χ1v) is 11.7. The van der Waals surface area contributed by atoms with Gasteiger partial charge in [0, 0.05) is 11.1 Å². The van der Waals surface area contributed by atoms with Gasteiger partial charge in [0.2, 0.25) is 0 Å². The van der Waals surface area contributed by atoms with Crippen molar-refractivity contribution in [1.29, 1.82) is 0 Å². The zero-order valence-corrected chi connectivity index (χ0v) is 20.8. The summed E-state index contributed by atoms with van der Waals surface area (Å²) < 4.78 is 11.0. The number of aryl methyl sites for hydroxylation is 1. The Morgan fingerprint density at radius 2 is 1.80 bits per heavy atom. The number of ether oxygens (including phenoxy) is 1. The molecule has 1 N–H and O–H groups in total. The molecule has 1 saturated heterocycles. The molecule has 1 amide bonds. The zero-order chi connectivity index (χ0) is 25.3. The van der Waals surface area contributed by atoms with Crippen LogP contribution in [-0.2, 0) is 28.0 Å². The highest BCUT2D eigenvalue weighted by Gasteiger charge is 2.46. The fourth-order valence-corrected chi connectivity index (χ4v) is 4.49. The average Bonchev–Trinajstić information content (AvgIpc) is 3.45. The smallest absolute Gasteiger partial charge is 0.296 e. The van der Waals surface area contributed by atoms with Crippen molar-refractivity contribution in [2.75, 3.05) is 7.11 Å². The molecular formula is C29H31NO5. The predicted molar refractivity (Wildman–Crippen MR) is 134 cm³/mol. The van der Waals surface area contributed by atoms with Gasteiger partial charge in [0.1, 0.15) is 17.3 Å². The van der Waals surface area contributed by atoms with E-state index in [1.165, 1.54) is 11.2 Å². The molecule has 0 radical (unpaired) electrons. The van der Waals surface area contributed by atoms with E-state index < -0.39 is 17.7 Å². The maximum absolute atomic E-state index is 13.3. The molecule has 0 bridgehead atoms. The standard InChI is InChI=1S/C29H31NO5/c1-6-18-9-11-19(12-10-18)25-24(27(32)28(33)30(25)17-21-8-7-15-35-21)26(31)20-13-14-23(34-5)22(16-20)29(2,3)4/h7-16,25,31H,6,17H2,1-5H3/b26-24-. The average molecular weight is 474 g/mol. The number of amides is 1. The lowest BCUT2D eigenvalue weighted by Crippen LogP contribution is -2.29. The Bertz CT molecular complexity index is 1260. The van der Waals surface area contributed by atoms with Gasteiger partial charge in [-0.1, -0.05) is 52.0 Å². The minimum atomic E-state index is -0.744. The number of carbonyl (C=O) groups is 2. The number of Topliss-reactive ketones (excluding diaryl/α,β-unsaturated/α-hetero) is 1. The van der Waals surface area contributed by atoms with Crippen LogP contribution >= 0.6 is 0 Å². The van der Waals surface area contributed by atoms with E-state index in [4.69, 9.17) is 9.15 Å². The van der Waals surface area contributed by atoms with E-state index in [0.29, 0.717) is 17.1 Å². The number of likely N-dealkylation sites (tertiary alicyclic amines) is 1. The van der Waals surface area contributed by atoms with Gasteiger partial charge in [-0.05, 0) is 53.3 Å². The number of benzene rings is 2. The second kappa shape index (κ2) is 9.45. The van der Waals surface area contributed by atoms with E-state index >= 15 is 0 Å². The monoisotopic (exact) mass is 473 g/mol. The summed E-state index contributed by atoms with van der Waals surface area (Å²) in [6.07, 6.45) is 2.40. The Balaban J connectivity index is 1.88. The maximum Gasteiger partial charge on any atom is 0.296 e. The molecule has 6 heteroatoms. The quantitative estimate of drug-likeness (QED) is 0.279. The number of aliphatic hydroxyl groups excluding tert-OH is 1. The number of aliphatic hydroxyl groups is 1. The zero-order valence-electron chi connectivity index (χ0n) is 20.8. The third-order valence-electron chi connectivity index (χ3n) is 6.43. The highest BCUT2D eigenvalue weighted by atomic mass is 16.5. The second-order valence-corrected chi connectivity index (χ2v) is 9.77. The Morgan fingerprint density at radius 1 is 1.09 bits per heavy atom. The first-order chi connectivity index (χ1) is 16.7. The van der Waals surface area contributed by atoms with Crippen LogP contribution in [0.25, 0.3) is 5.76 Å². The van der Waals surface area contributed by atoms with Gasteiger partial charge in [0.05, 0.1) is 31.5 Å². The van der Waals surface area contributed by atoms with Gasteiger partial charge in [0.15, 0.2) is 0 Å². The fourth-order valence-electron chi connectivity index (χ4n) is 4.49. The highest BCUT2D eigenvalue weighted by molar-refractivity contribution is 6.46. The summed E-state index contributed by atoms with van der Waals surface area (Å²) >= 11 is 0. The molecule has 0 saturated carbocycles. The Kier molecular flexibility index (Phi) is 6.57. The fraction of sp³-hybridized carbons (Fsp3) is 0.310. The minimum Gasteiger partial charge on any atom is -0.507 e. The molecule has 3 aromatic rings. The summed E-state index contributed by atoms with van der Waals surface area (Å²) in [4.78, 5) is 27.9. The van der Waals surface area contributed by atoms with Crippen LogP contribution in [0.4, 0.5) is 0 Å². The number of hydrogen-bond acceptors (Lipinski definition) is 5. The van der Waals surface area contributed by atoms with E-state index in [1.807, 2.05) is 51.1 Å². The van der Waals surface area contributed by atoms with Crippen LogP contribution in [0.3, 0.4) is 0 Å². The topological polar surface area (TPSA) is 80.0 Å². The third kappa shape index (κ3) is 4.61. The van der Waals surface area contributed by atoms with Crippen molar-refractivity contribution in [3.8, 4) is 5.75 Å². The van der Waals surface area contributed by atoms with Crippen LogP contribution in [0.1, 0.15) is 61.8 Å². The normalized spacial score (nSPS) is 17.7. The number of furan rings is 1. The molecule has 6 nitrogen and oxygen atoms in total. The molecular weight excluding hydrogens is 442 g/mol. The van der Waals surface area contributed by atoms with Gasteiger partial charge >= 0.3 is 0 Å². The molecule has 1 atom stereocenters. The first-order valence-electron chi connectivity index (χ1n) is 11.7. The van der Waals surface area contributed by atoms with Crippen LogP contribution in [-0.4, -0.2) is 28.8 Å². The van der Waals surface area contributed by atoms with Crippen molar-refractivity contribution in [3.05, 3.63) is 94.4 Å². The van der Waals surface area contributed by atoms with E-state index in [-0.39, 0.29) is 23.3 Å². The molecule has 35 heavy (non-hydrogen) atoms. The lowest BCUT2D eigenvalue weighted by Gasteiger charge is -2.25. The van der Waals surface area contributed by atoms with Gasteiger partial charge in [-0.25, -0.2) is 0 Å². The minimum absolute atomic E-state index is 0.0656. The molecule has 0 spiro atoms. The summed E-state index contributed by atoms with van der Waals surface area (Å²) in [6, 6.07) is 15.8. The summed E-state index contributed by atoms with van der Waals surface area (Å²) in [5.74, 6) is -0.340. The van der Waals surface area contributed by atoms with Crippen LogP contribution in [0.2, 0.25) is 0 Å². The number of rotatable bonds is 6. The molecule has 2 heterocycles. The molecule has 1 fully saturated rings. The first kappa shape index (κ1) is 24.3. The van der Waals surface area contributed by atoms with E-state index in [0.717, 1.165) is 23.1 Å². The molecule has 2 aromatic carbocycles. The predicted octanol–water partition coefficient (Wildman–Crippen LogP) is 5.77. The van der Waals surface area contributed by atoms with Crippen LogP contribution in [0, 0.1) is 0 Å². The van der Waals surface area contributed by atoms with Crippen molar-refractivity contribution < 1.29 is 23.8 Å². The summed E-state index contributed by atoms with van der Waals surface area (Å²) in [7, 11) is 1.60. The Morgan fingerprint density at radius 3 is 2.37 bits per heavy atom. The molecule has 1 aromatic heterocycles. The Hall–Kier alpha value is -3.80. The molecule has 1 aliphatic rings. The molecule has 1 unspecified atom stereocenters. The van der Waals surface area contributed by atoms with Gasteiger partial charge < -0.3 is 19.2 Å². The van der Waals surface area contributed by atoms with Crippen molar-refractivity contribution >= 4 is 17.4 Å². The number of methoxy groups -OCH3 is 1. The van der Waals surface area contributed by atoms with Gasteiger partial charge in [-0.15, -0.1) is 0 Å². The Labute approximate surface area is 205 Å². The summed E-state index contributed by atoms with van der Waals surface area (Å²) in [5.41, 5.74) is 3.04. The molecule has 182 valence electrons. The molecule has 0 aliphatic carbocycles. The third-order valence-corrected chi connectivity index (χ3v) is 6.43. The summed E-state index contributed by atoms with van der Waals surface area (Å²) in [6.45, 7) is 8.32. The van der Waals surface area contributed by atoms with Crippen molar-refractivity contribution in [3.63, 3.8) is 0 Å². The lowest BCUT2D eigenvalue weighted by atomic mass is 9.84. The number of nitrogens with zero attached hydrogens (tertiary/aromatic N) is 1. The van der Waals surface area contributed by atoms with Gasteiger partial charge in [0.25, 0.3) is 11.7 Å². The van der Waals surface area contributed by atoms with Gasteiger partial charge in [-0.2, -0.15) is 0 Å². The maximum atomic E-state index is 13.3. The SMILES string of the molecule is CCc1ccc(C2/C(=C(/O)c3ccc(OC)c(C(C)(C)C)c3)C(=O)C(=O)N2Cc2ccco2)cc1. The van der Waals surface area contributed by atoms with Gasteiger partial charge in [-0.3, -0.25) is 9.59 Å². The van der Waals surface area contributed by atoms with Crippen LogP contribution in [0.15, 0.2) is 70.9 Å². The molecule has 4 rings (SSSR count). The molecule has 1 aliphatic heterocycles. The van der Waals surface area contributed by atoms with E-state index in [1.54, 1.807) is 31.4 Å². The van der Waals surface area contributed by atoms with E-state index in [9.17, 15) is 14.7 Å². The van der Waals surface area contributed by atoms with Crippen molar-refractivity contribution in [1.82, 2.24) is 4.90 Å². The number of carbonyl (C=O) groups excluding carboxylic acids is 2. The largest absolute Gasteiger partial charge is 0.507 e. The van der Waals surface area contributed by atoms with Crippen LogP contribution < -0.4 is 4.74 Å².